The Hall–Kier alpha value is -1.10. The van der Waals surface area contributed by atoms with Crippen LogP contribution in [0.4, 0.5) is 0 Å². The topological polar surface area (TPSA) is 52.7 Å². The van der Waals surface area contributed by atoms with Crippen molar-refractivity contribution in [1.29, 1.82) is 0 Å². The highest BCUT2D eigenvalue weighted by Gasteiger charge is 2.23. The number of carbonyl (C=O) groups excluding carboxylic acids is 2. The maximum atomic E-state index is 12.1. The fourth-order valence-electron chi connectivity index (χ4n) is 2.44. The zero-order valence-corrected chi connectivity index (χ0v) is 12.4. The molecule has 5 nitrogen and oxygen atoms in total. The van der Waals surface area contributed by atoms with E-state index in [4.69, 9.17) is 0 Å². The average Bonchev–Trinajstić information content (AvgIpc) is 2.44. The van der Waals surface area contributed by atoms with Crippen LogP contribution in [0.2, 0.25) is 0 Å². The normalized spacial score (nSPS) is 16.2. The van der Waals surface area contributed by atoms with Crippen molar-refractivity contribution in [3.8, 4) is 0 Å². The molecule has 0 aromatic heterocycles. The Balaban J connectivity index is 2.37. The van der Waals surface area contributed by atoms with Gasteiger partial charge in [0.15, 0.2) is 0 Å². The molecule has 0 spiro atoms. The zero-order chi connectivity index (χ0) is 14.3. The minimum Gasteiger partial charge on any atom is -0.341 e. The molecule has 1 saturated carbocycles. The van der Waals surface area contributed by atoms with Crippen LogP contribution in [0, 0.1) is 0 Å². The molecule has 0 saturated heterocycles. The highest BCUT2D eigenvalue weighted by molar-refractivity contribution is 5.85. The van der Waals surface area contributed by atoms with Gasteiger partial charge in [0.2, 0.25) is 11.8 Å². The average molecular weight is 269 g/mol. The molecule has 0 unspecified atom stereocenters. The van der Waals surface area contributed by atoms with E-state index in [1.807, 2.05) is 18.9 Å². The fraction of sp³-hybridized carbons (Fsp3) is 0.857. The summed E-state index contributed by atoms with van der Waals surface area (Å²) in [6.45, 7) is 3.19. The molecule has 0 bridgehead atoms. The van der Waals surface area contributed by atoms with Crippen LogP contribution in [0.3, 0.4) is 0 Å². The number of hydrogen-bond acceptors (Lipinski definition) is 3. The SMILES string of the molecule is CCNCC(=O)N(C)CC(=O)N(C)C1CCCCC1. The van der Waals surface area contributed by atoms with Gasteiger partial charge in [0, 0.05) is 20.1 Å². The molecular weight excluding hydrogens is 242 g/mol. The maximum Gasteiger partial charge on any atom is 0.242 e. The second-order valence-electron chi connectivity index (χ2n) is 5.33. The quantitative estimate of drug-likeness (QED) is 0.777. The van der Waals surface area contributed by atoms with Gasteiger partial charge in [-0.25, -0.2) is 0 Å². The molecule has 0 aliphatic heterocycles. The lowest BCUT2D eigenvalue weighted by Gasteiger charge is -2.32. The second-order valence-corrected chi connectivity index (χ2v) is 5.33. The van der Waals surface area contributed by atoms with E-state index in [0.29, 0.717) is 12.6 Å². The van der Waals surface area contributed by atoms with E-state index in [9.17, 15) is 9.59 Å². The van der Waals surface area contributed by atoms with Gasteiger partial charge >= 0.3 is 0 Å². The predicted octanol–water partition coefficient (Wildman–Crippen LogP) is 0.845. The number of rotatable bonds is 6. The Kier molecular flexibility index (Phi) is 6.84. The van der Waals surface area contributed by atoms with Crippen LogP contribution < -0.4 is 5.32 Å². The maximum absolute atomic E-state index is 12.1. The van der Waals surface area contributed by atoms with Crippen molar-refractivity contribution in [2.45, 2.75) is 45.1 Å². The van der Waals surface area contributed by atoms with Crippen molar-refractivity contribution in [2.24, 2.45) is 0 Å². The molecule has 1 aliphatic carbocycles. The van der Waals surface area contributed by atoms with Gasteiger partial charge in [-0.2, -0.15) is 0 Å². The molecule has 1 rings (SSSR count). The summed E-state index contributed by atoms with van der Waals surface area (Å²) in [4.78, 5) is 27.2. The number of nitrogens with one attached hydrogen (secondary N) is 1. The molecule has 19 heavy (non-hydrogen) atoms. The van der Waals surface area contributed by atoms with Crippen LogP contribution in [0.5, 0.6) is 0 Å². The van der Waals surface area contributed by atoms with E-state index in [0.717, 1.165) is 19.4 Å². The van der Waals surface area contributed by atoms with E-state index in [2.05, 4.69) is 5.32 Å². The minimum absolute atomic E-state index is 0.0350. The lowest BCUT2D eigenvalue weighted by Crippen LogP contribution is -2.46. The van der Waals surface area contributed by atoms with Crippen LogP contribution in [0.25, 0.3) is 0 Å². The van der Waals surface area contributed by atoms with Gasteiger partial charge in [-0.1, -0.05) is 26.2 Å². The molecule has 0 heterocycles. The first-order valence-corrected chi connectivity index (χ1v) is 7.26. The number of likely N-dealkylation sites (N-methyl/N-ethyl adjacent to an activating group) is 3. The van der Waals surface area contributed by atoms with Crippen molar-refractivity contribution < 1.29 is 9.59 Å². The predicted molar refractivity (Wildman–Crippen MR) is 75.8 cm³/mol. The van der Waals surface area contributed by atoms with Crippen LogP contribution >= 0.6 is 0 Å². The summed E-state index contributed by atoms with van der Waals surface area (Å²) in [5.41, 5.74) is 0. The number of amides is 2. The fourth-order valence-corrected chi connectivity index (χ4v) is 2.44. The minimum atomic E-state index is -0.0350. The van der Waals surface area contributed by atoms with E-state index < -0.39 is 0 Å². The van der Waals surface area contributed by atoms with Crippen LogP contribution in [0.1, 0.15) is 39.0 Å². The molecule has 2 amide bonds. The van der Waals surface area contributed by atoms with Crippen molar-refractivity contribution in [2.75, 3.05) is 33.7 Å². The van der Waals surface area contributed by atoms with Gasteiger partial charge in [-0.15, -0.1) is 0 Å². The second kappa shape index (κ2) is 8.15. The van der Waals surface area contributed by atoms with Crippen molar-refractivity contribution >= 4 is 11.8 Å². The van der Waals surface area contributed by atoms with E-state index in [-0.39, 0.29) is 18.4 Å². The summed E-state index contributed by atoms with van der Waals surface area (Å²) < 4.78 is 0. The van der Waals surface area contributed by atoms with Gasteiger partial charge in [0.05, 0.1) is 13.1 Å². The highest BCUT2D eigenvalue weighted by atomic mass is 16.2. The third-order valence-corrected chi connectivity index (χ3v) is 3.84. The van der Waals surface area contributed by atoms with E-state index >= 15 is 0 Å². The number of carbonyl (C=O) groups is 2. The number of hydrogen-bond donors (Lipinski definition) is 1. The van der Waals surface area contributed by atoms with Crippen molar-refractivity contribution in [1.82, 2.24) is 15.1 Å². The van der Waals surface area contributed by atoms with Crippen molar-refractivity contribution in [3.63, 3.8) is 0 Å². The molecule has 1 N–H and O–H groups in total. The Bertz CT molecular complexity index is 301. The molecular formula is C14H27N3O2. The van der Waals surface area contributed by atoms with Gasteiger partial charge in [-0.3, -0.25) is 9.59 Å². The summed E-state index contributed by atoms with van der Waals surface area (Å²) in [7, 11) is 3.55. The first-order chi connectivity index (χ1) is 9.06. The van der Waals surface area contributed by atoms with Crippen LogP contribution in [-0.4, -0.2) is 61.4 Å². The first-order valence-electron chi connectivity index (χ1n) is 7.26. The molecule has 5 heteroatoms. The smallest absolute Gasteiger partial charge is 0.242 e. The zero-order valence-electron chi connectivity index (χ0n) is 12.4. The molecule has 1 aliphatic rings. The summed E-state index contributed by atoms with van der Waals surface area (Å²) in [5, 5.41) is 2.98. The first kappa shape index (κ1) is 16.0. The largest absolute Gasteiger partial charge is 0.341 e. The van der Waals surface area contributed by atoms with Gasteiger partial charge in [-0.05, 0) is 19.4 Å². The number of nitrogens with zero attached hydrogens (tertiary/aromatic N) is 2. The van der Waals surface area contributed by atoms with Crippen molar-refractivity contribution in [3.05, 3.63) is 0 Å². The van der Waals surface area contributed by atoms with Crippen LogP contribution in [0.15, 0.2) is 0 Å². The van der Waals surface area contributed by atoms with Gasteiger partial charge in [0.25, 0.3) is 0 Å². The Morgan fingerprint density at radius 2 is 1.74 bits per heavy atom. The monoisotopic (exact) mass is 269 g/mol. The molecule has 0 aromatic carbocycles. The molecule has 0 radical (unpaired) electrons. The van der Waals surface area contributed by atoms with Gasteiger partial charge < -0.3 is 15.1 Å². The molecule has 0 aromatic rings. The summed E-state index contributed by atoms with van der Waals surface area (Å²) in [5.74, 6) is 0.00601. The summed E-state index contributed by atoms with van der Waals surface area (Å²) >= 11 is 0. The highest BCUT2D eigenvalue weighted by Crippen LogP contribution is 2.21. The Morgan fingerprint density at radius 1 is 1.11 bits per heavy atom. The van der Waals surface area contributed by atoms with Gasteiger partial charge in [0.1, 0.15) is 0 Å². The standard InChI is InChI=1S/C14H27N3O2/c1-4-15-10-13(18)16(2)11-14(19)17(3)12-8-6-5-7-9-12/h12,15H,4-11H2,1-3H3. The lowest BCUT2D eigenvalue weighted by molar-refractivity contribution is -0.139. The Morgan fingerprint density at radius 3 is 2.32 bits per heavy atom. The third-order valence-electron chi connectivity index (χ3n) is 3.84. The van der Waals surface area contributed by atoms with E-state index in [1.165, 1.54) is 24.2 Å². The van der Waals surface area contributed by atoms with E-state index in [1.54, 1.807) is 7.05 Å². The molecule has 110 valence electrons. The summed E-state index contributed by atoms with van der Waals surface area (Å²) in [6.07, 6.45) is 5.88. The lowest BCUT2D eigenvalue weighted by atomic mass is 9.94. The summed E-state index contributed by atoms with van der Waals surface area (Å²) in [6, 6.07) is 0.360. The molecule has 1 fully saturated rings. The third kappa shape index (κ3) is 5.19. The van der Waals surface area contributed by atoms with Crippen LogP contribution in [-0.2, 0) is 9.59 Å². The molecule has 0 atom stereocenters. The Labute approximate surface area is 116 Å².